The number of halogens is 5. The van der Waals surface area contributed by atoms with Crippen LogP contribution in [-0.4, -0.2) is 14.5 Å². The van der Waals surface area contributed by atoms with Gasteiger partial charge in [0.05, 0.1) is 16.1 Å². The number of ether oxygens (including phenoxy) is 1. The molecule has 10 heteroatoms. The molecule has 1 N–H and O–H groups in total. The Kier molecular flexibility index (Phi) is 5.21. The van der Waals surface area contributed by atoms with Gasteiger partial charge in [-0.2, -0.15) is 13.2 Å². The molecule has 4 aromatic rings. The molecule has 0 aliphatic heterocycles. The molecular formula is C20H13Cl2F3N4O. The number of anilines is 2. The van der Waals surface area contributed by atoms with Crippen LogP contribution in [0.15, 0.2) is 54.9 Å². The van der Waals surface area contributed by atoms with Gasteiger partial charge in [0, 0.05) is 18.8 Å². The zero-order chi connectivity index (χ0) is 21.5. The van der Waals surface area contributed by atoms with Gasteiger partial charge in [-0.1, -0.05) is 29.3 Å². The van der Waals surface area contributed by atoms with Crippen LogP contribution in [0.1, 0.15) is 5.56 Å². The molecule has 0 saturated carbocycles. The Hall–Kier alpha value is -2.97. The number of alkyl halides is 3. The van der Waals surface area contributed by atoms with Crippen molar-refractivity contribution >= 4 is 45.7 Å². The average Bonchev–Trinajstić information content (AvgIpc) is 2.98. The first kappa shape index (κ1) is 20.3. The molecule has 0 aliphatic rings. The number of fused-ring (bicyclic) bond motifs is 1. The molecule has 2 aromatic heterocycles. The number of rotatable bonds is 4. The minimum Gasteiger partial charge on any atom is -0.456 e. The van der Waals surface area contributed by atoms with E-state index >= 15 is 0 Å². The molecule has 2 aromatic carbocycles. The lowest BCUT2D eigenvalue weighted by Crippen LogP contribution is -2.04. The van der Waals surface area contributed by atoms with Gasteiger partial charge in [-0.3, -0.25) is 0 Å². The number of benzene rings is 2. The van der Waals surface area contributed by atoms with Crippen LogP contribution in [-0.2, 0) is 13.2 Å². The predicted octanol–water partition coefficient (Wildman–Crippen LogP) is 6.83. The summed E-state index contributed by atoms with van der Waals surface area (Å²) in [6.45, 7) is 0. The Morgan fingerprint density at radius 2 is 1.83 bits per heavy atom. The molecule has 0 unspecified atom stereocenters. The molecule has 4 rings (SSSR count). The van der Waals surface area contributed by atoms with Crippen molar-refractivity contribution in [2.75, 3.05) is 5.32 Å². The SMILES string of the molecule is Cn1c(Cl)cc2ncnc(Nc3ccc(Oc4cccc(C(F)(F)F)c4)c(Cl)c3)c21. The van der Waals surface area contributed by atoms with Crippen molar-refractivity contribution in [1.82, 2.24) is 14.5 Å². The summed E-state index contributed by atoms with van der Waals surface area (Å²) in [6, 6.07) is 11.1. The molecule has 154 valence electrons. The third-order valence-electron chi connectivity index (χ3n) is 4.35. The molecule has 5 nitrogen and oxygen atoms in total. The van der Waals surface area contributed by atoms with Gasteiger partial charge in [-0.15, -0.1) is 0 Å². The summed E-state index contributed by atoms with van der Waals surface area (Å²) < 4.78 is 45.9. The highest BCUT2D eigenvalue weighted by atomic mass is 35.5. The van der Waals surface area contributed by atoms with Gasteiger partial charge < -0.3 is 14.6 Å². The van der Waals surface area contributed by atoms with Crippen molar-refractivity contribution in [2.24, 2.45) is 7.05 Å². The van der Waals surface area contributed by atoms with E-state index < -0.39 is 11.7 Å². The summed E-state index contributed by atoms with van der Waals surface area (Å²) in [5.74, 6) is 0.775. The second-order valence-corrected chi connectivity index (χ2v) is 7.17. The maximum absolute atomic E-state index is 12.9. The second-order valence-electron chi connectivity index (χ2n) is 6.38. The molecule has 0 amide bonds. The lowest BCUT2D eigenvalue weighted by atomic mass is 10.2. The fourth-order valence-corrected chi connectivity index (χ4v) is 3.30. The Morgan fingerprint density at radius 1 is 1.03 bits per heavy atom. The van der Waals surface area contributed by atoms with Gasteiger partial charge in [0.1, 0.15) is 28.5 Å². The van der Waals surface area contributed by atoms with Gasteiger partial charge in [0.2, 0.25) is 0 Å². The van der Waals surface area contributed by atoms with Gasteiger partial charge in [-0.25, -0.2) is 9.97 Å². The molecule has 0 spiro atoms. The number of hydrogen-bond acceptors (Lipinski definition) is 4. The van der Waals surface area contributed by atoms with Crippen LogP contribution in [0.25, 0.3) is 11.0 Å². The Balaban J connectivity index is 1.59. The molecule has 0 atom stereocenters. The maximum Gasteiger partial charge on any atom is 0.416 e. The van der Waals surface area contributed by atoms with Gasteiger partial charge in [0.25, 0.3) is 0 Å². The number of hydrogen-bond donors (Lipinski definition) is 1. The number of aromatic nitrogens is 3. The van der Waals surface area contributed by atoms with E-state index in [-0.39, 0.29) is 16.5 Å². The fourth-order valence-electron chi connectivity index (χ4n) is 2.90. The van der Waals surface area contributed by atoms with Crippen LogP contribution in [0.4, 0.5) is 24.7 Å². The van der Waals surface area contributed by atoms with Crippen molar-refractivity contribution in [2.45, 2.75) is 6.18 Å². The zero-order valence-electron chi connectivity index (χ0n) is 15.3. The minimum atomic E-state index is -4.46. The van der Waals surface area contributed by atoms with Crippen molar-refractivity contribution in [3.63, 3.8) is 0 Å². The van der Waals surface area contributed by atoms with E-state index in [1.165, 1.54) is 18.5 Å². The highest BCUT2D eigenvalue weighted by Crippen LogP contribution is 2.36. The summed E-state index contributed by atoms with van der Waals surface area (Å²) in [5, 5.41) is 3.87. The summed E-state index contributed by atoms with van der Waals surface area (Å²) in [5.41, 5.74) is 1.19. The lowest BCUT2D eigenvalue weighted by Gasteiger charge is -2.13. The van der Waals surface area contributed by atoms with E-state index in [0.717, 1.165) is 12.1 Å². The second kappa shape index (κ2) is 7.70. The van der Waals surface area contributed by atoms with Crippen LogP contribution >= 0.6 is 23.2 Å². The minimum absolute atomic E-state index is 0.0309. The zero-order valence-corrected chi connectivity index (χ0v) is 16.8. The summed E-state index contributed by atoms with van der Waals surface area (Å²) >= 11 is 12.4. The van der Waals surface area contributed by atoms with Gasteiger partial charge in [-0.05, 0) is 36.4 Å². The smallest absolute Gasteiger partial charge is 0.416 e. The first-order chi connectivity index (χ1) is 14.2. The maximum atomic E-state index is 12.9. The van der Waals surface area contributed by atoms with Crippen molar-refractivity contribution in [3.8, 4) is 11.5 Å². The third kappa shape index (κ3) is 4.01. The van der Waals surface area contributed by atoms with E-state index in [2.05, 4.69) is 15.3 Å². The molecule has 2 heterocycles. The van der Waals surface area contributed by atoms with E-state index in [9.17, 15) is 13.2 Å². The molecule has 0 radical (unpaired) electrons. The molecule has 0 fully saturated rings. The lowest BCUT2D eigenvalue weighted by molar-refractivity contribution is -0.137. The number of nitrogens with one attached hydrogen (secondary N) is 1. The Labute approximate surface area is 179 Å². The van der Waals surface area contributed by atoms with E-state index in [4.69, 9.17) is 27.9 Å². The highest BCUT2D eigenvalue weighted by molar-refractivity contribution is 6.32. The van der Waals surface area contributed by atoms with Crippen LogP contribution in [0, 0.1) is 0 Å². The summed E-state index contributed by atoms with van der Waals surface area (Å²) in [6.07, 6.45) is -3.05. The quantitative estimate of drug-likeness (QED) is 0.368. The van der Waals surface area contributed by atoms with E-state index in [1.807, 2.05) is 0 Å². The Morgan fingerprint density at radius 3 is 2.57 bits per heavy atom. The normalized spacial score (nSPS) is 11.7. The fraction of sp³-hybridized carbons (Fsp3) is 0.100. The molecule has 0 bridgehead atoms. The molecule has 30 heavy (non-hydrogen) atoms. The van der Waals surface area contributed by atoms with Crippen molar-refractivity contribution in [3.05, 3.63) is 70.6 Å². The predicted molar refractivity (Wildman–Crippen MR) is 110 cm³/mol. The van der Waals surface area contributed by atoms with E-state index in [0.29, 0.717) is 27.7 Å². The van der Waals surface area contributed by atoms with Gasteiger partial charge in [0.15, 0.2) is 5.82 Å². The van der Waals surface area contributed by atoms with Crippen LogP contribution in [0.2, 0.25) is 10.2 Å². The van der Waals surface area contributed by atoms with Crippen LogP contribution in [0.3, 0.4) is 0 Å². The highest BCUT2D eigenvalue weighted by Gasteiger charge is 2.30. The average molecular weight is 453 g/mol. The number of aryl methyl sites for hydroxylation is 1. The Bertz CT molecular complexity index is 1240. The molecule has 0 saturated heterocycles. The van der Waals surface area contributed by atoms with Crippen molar-refractivity contribution < 1.29 is 17.9 Å². The first-order valence-electron chi connectivity index (χ1n) is 8.60. The molecule has 0 aliphatic carbocycles. The first-order valence-corrected chi connectivity index (χ1v) is 9.35. The van der Waals surface area contributed by atoms with Crippen molar-refractivity contribution in [1.29, 1.82) is 0 Å². The van der Waals surface area contributed by atoms with Crippen LogP contribution < -0.4 is 10.1 Å². The topological polar surface area (TPSA) is 52.0 Å². The van der Waals surface area contributed by atoms with E-state index in [1.54, 1.807) is 35.9 Å². The largest absolute Gasteiger partial charge is 0.456 e. The van der Waals surface area contributed by atoms with Gasteiger partial charge >= 0.3 is 6.18 Å². The van der Waals surface area contributed by atoms with Crippen LogP contribution in [0.5, 0.6) is 11.5 Å². The molecular weight excluding hydrogens is 440 g/mol. The standard InChI is InChI=1S/C20H13Cl2F3N4O/c1-29-17(22)9-15-18(29)19(27-10-26-15)28-12-5-6-16(14(21)8-12)30-13-4-2-3-11(7-13)20(23,24)25/h2-10H,1H3,(H,26,27,28). The monoisotopic (exact) mass is 452 g/mol. The third-order valence-corrected chi connectivity index (χ3v) is 5.00. The summed E-state index contributed by atoms with van der Waals surface area (Å²) in [4.78, 5) is 8.43. The number of nitrogens with zero attached hydrogens (tertiary/aromatic N) is 3. The summed E-state index contributed by atoms with van der Waals surface area (Å²) in [7, 11) is 1.79.